The fraction of sp³-hybridized carbons (Fsp3) is 0.389. The number of nitrogens with zero attached hydrogens (tertiary/aromatic N) is 1. The Kier molecular flexibility index (Phi) is 4.11. The van der Waals surface area contributed by atoms with E-state index < -0.39 is 0 Å². The molecule has 1 aliphatic heterocycles. The van der Waals surface area contributed by atoms with Crippen molar-refractivity contribution in [1.29, 1.82) is 0 Å². The number of carbonyl (C=O) groups excluding carboxylic acids is 1. The molecule has 0 N–H and O–H groups in total. The highest BCUT2D eigenvalue weighted by Crippen LogP contribution is 2.31. The molecular formula is C18H21NOS. The fourth-order valence-electron chi connectivity index (χ4n) is 3.29. The third kappa shape index (κ3) is 3.03. The van der Waals surface area contributed by atoms with Crippen molar-refractivity contribution in [3.63, 3.8) is 0 Å². The molecule has 1 aromatic carbocycles. The summed E-state index contributed by atoms with van der Waals surface area (Å²) in [4.78, 5) is 15.8. The zero-order chi connectivity index (χ0) is 14.8. The van der Waals surface area contributed by atoms with Gasteiger partial charge in [0.1, 0.15) is 0 Å². The molecule has 2 atom stereocenters. The number of piperidine rings is 1. The van der Waals surface area contributed by atoms with Gasteiger partial charge in [-0.3, -0.25) is 4.79 Å². The second-order valence-electron chi connectivity index (χ2n) is 6.19. The zero-order valence-corrected chi connectivity index (χ0v) is 13.4. The highest BCUT2D eigenvalue weighted by Gasteiger charge is 2.28. The summed E-state index contributed by atoms with van der Waals surface area (Å²) in [6.45, 7) is 6.25. The van der Waals surface area contributed by atoms with Crippen LogP contribution in [0.25, 0.3) is 11.1 Å². The molecule has 1 aliphatic rings. The van der Waals surface area contributed by atoms with Gasteiger partial charge in [0.2, 0.25) is 0 Å². The first-order chi connectivity index (χ1) is 10.1. The third-order valence-electron chi connectivity index (χ3n) is 4.10. The fourth-order valence-corrected chi connectivity index (χ4v) is 4.18. The number of benzene rings is 1. The molecule has 2 aromatic rings. The van der Waals surface area contributed by atoms with Crippen molar-refractivity contribution >= 4 is 17.2 Å². The largest absolute Gasteiger partial charge is 0.337 e. The average Bonchev–Trinajstić information content (AvgIpc) is 2.95. The predicted molar refractivity (Wildman–Crippen MR) is 88.6 cm³/mol. The molecule has 0 unspecified atom stereocenters. The topological polar surface area (TPSA) is 20.3 Å². The number of hydrogen-bond donors (Lipinski definition) is 0. The molecule has 0 bridgehead atoms. The van der Waals surface area contributed by atoms with Gasteiger partial charge < -0.3 is 4.90 Å². The third-order valence-corrected chi connectivity index (χ3v) is 5.00. The van der Waals surface area contributed by atoms with Crippen molar-refractivity contribution in [3.05, 3.63) is 46.7 Å². The Bertz CT molecular complexity index is 609. The Hall–Kier alpha value is -1.61. The van der Waals surface area contributed by atoms with E-state index in [-0.39, 0.29) is 5.91 Å². The van der Waals surface area contributed by atoms with Gasteiger partial charge in [-0.25, -0.2) is 0 Å². The Morgan fingerprint density at radius 2 is 1.76 bits per heavy atom. The highest BCUT2D eigenvalue weighted by atomic mass is 32.1. The van der Waals surface area contributed by atoms with Crippen molar-refractivity contribution in [3.8, 4) is 11.1 Å². The molecular weight excluding hydrogens is 278 g/mol. The Labute approximate surface area is 130 Å². The standard InChI is InChI=1S/C18H21NOS/c1-13-10-14(2)12-19(11-13)18(20)17-16(8-9-21-17)15-6-4-3-5-7-15/h3-9,13-14H,10-12H2,1-2H3/t13-,14-/m1/s1. The van der Waals surface area contributed by atoms with E-state index in [0.29, 0.717) is 11.8 Å². The van der Waals surface area contributed by atoms with E-state index in [1.165, 1.54) is 6.42 Å². The van der Waals surface area contributed by atoms with Crippen LogP contribution in [-0.4, -0.2) is 23.9 Å². The summed E-state index contributed by atoms with van der Waals surface area (Å²) in [6, 6.07) is 12.2. The molecule has 3 heteroatoms. The van der Waals surface area contributed by atoms with E-state index in [4.69, 9.17) is 0 Å². The quantitative estimate of drug-likeness (QED) is 0.797. The minimum Gasteiger partial charge on any atom is -0.337 e. The van der Waals surface area contributed by atoms with Gasteiger partial charge in [0, 0.05) is 18.7 Å². The van der Waals surface area contributed by atoms with Crippen LogP contribution in [0.3, 0.4) is 0 Å². The maximum absolute atomic E-state index is 12.9. The highest BCUT2D eigenvalue weighted by molar-refractivity contribution is 7.12. The Morgan fingerprint density at radius 1 is 1.10 bits per heavy atom. The lowest BCUT2D eigenvalue weighted by atomic mass is 9.91. The predicted octanol–water partition coefficient (Wildman–Crippen LogP) is 4.53. The van der Waals surface area contributed by atoms with Crippen LogP contribution in [0.1, 0.15) is 29.9 Å². The summed E-state index contributed by atoms with van der Waals surface area (Å²) in [7, 11) is 0. The number of likely N-dealkylation sites (tertiary alicyclic amines) is 1. The van der Waals surface area contributed by atoms with E-state index in [0.717, 1.165) is 29.1 Å². The van der Waals surface area contributed by atoms with Crippen LogP contribution in [0.5, 0.6) is 0 Å². The maximum Gasteiger partial charge on any atom is 0.264 e. The van der Waals surface area contributed by atoms with Crippen LogP contribution in [0.4, 0.5) is 0 Å². The van der Waals surface area contributed by atoms with E-state index in [1.54, 1.807) is 11.3 Å². The lowest BCUT2D eigenvalue weighted by Gasteiger charge is -2.35. The number of thiophene rings is 1. The first-order valence-electron chi connectivity index (χ1n) is 7.57. The lowest BCUT2D eigenvalue weighted by molar-refractivity contribution is 0.0629. The first kappa shape index (κ1) is 14.3. The maximum atomic E-state index is 12.9. The lowest BCUT2D eigenvalue weighted by Crippen LogP contribution is -2.42. The molecule has 2 heterocycles. The molecule has 110 valence electrons. The second-order valence-corrected chi connectivity index (χ2v) is 7.10. The van der Waals surface area contributed by atoms with Crippen molar-refractivity contribution in [1.82, 2.24) is 4.90 Å². The molecule has 0 spiro atoms. The SMILES string of the molecule is C[C@@H]1C[C@@H](C)CN(C(=O)c2sccc2-c2ccccc2)C1. The second kappa shape index (κ2) is 6.02. The molecule has 2 nitrogen and oxygen atoms in total. The minimum absolute atomic E-state index is 0.197. The molecule has 1 fully saturated rings. The van der Waals surface area contributed by atoms with E-state index in [1.807, 2.05) is 28.5 Å². The van der Waals surface area contributed by atoms with Gasteiger partial charge in [0.25, 0.3) is 5.91 Å². The number of carbonyl (C=O) groups is 1. The van der Waals surface area contributed by atoms with Crippen molar-refractivity contribution in [2.24, 2.45) is 11.8 Å². The molecule has 1 amide bonds. The summed E-state index contributed by atoms with van der Waals surface area (Å²) >= 11 is 1.56. The summed E-state index contributed by atoms with van der Waals surface area (Å²) in [5, 5.41) is 2.02. The summed E-state index contributed by atoms with van der Waals surface area (Å²) in [5.41, 5.74) is 2.19. The summed E-state index contributed by atoms with van der Waals surface area (Å²) in [5.74, 6) is 1.39. The number of rotatable bonds is 2. The zero-order valence-electron chi connectivity index (χ0n) is 12.6. The summed E-state index contributed by atoms with van der Waals surface area (Å²) < 4.78 is 0. The molecule has 1 saturated heterocycles. The molecule has 1 aromatic heterocycles. The Morgan fingerprint density at radius 3 is 2.43 bits per heavy atom. The molecule has 0 saturated carbocycles. The van der Waals surface area contributed by atoms with Gasteiger partial charge in [-0.1, -0.05) is 44.2 Å². The van der Waals surface area contributed by atoms with Gasteiger partial charge in [-0.2, -0.15) is 0 Å². The van der Waals surface area contributed by atoms with Crippen LogP contribution in [0, 0.1) is 11.8 Å². The molecule has 0 radical (unpaired) electrons. The molecule has 0 aliphatic carbocycles. The van der Waals surface area contributed by atoms with Crippen LogP contribution < -0.4 is 0 Å². The first-order valence-corrected chi connectivity index (χ1v) is 8.45. The summed E-state index contributed by atoms with van der Waals surface area (Å²) in [6.07, 6.45) is 1.22. The Balaban J connectivity index is 1.88. The van der Waals surface area contributed by atoms with E-state index in [9.17, 15) is 4.79 Å². The van der Waals surface area contributed by atoms with Gasteiger partial charge in [-0.15, -0.1) is 11.3 Å². The van der Waals surface area contributed by atoms with Gasteiger partial charge in [0.05, 0.1) is 4.88 Å². The van der Waals surface area contributed by atoms with Crippen LogP contribution in [-0.2, 0) is 0 Å². The number of amides is 1. The normalized spacial score (nSPS) is 22.3. The molecule has 21 heavy (non-hydrogen) atoms. The van der Waals surface area contributed by atoms with Gasteiger partial charge in [0.15, 0.2) is 0 Å². The monoisotopic (exact) mass is 299 g/mol. The van der Waals surface area contributed by atoms with Crippen molar-refractivity contribution < 1.29 is 4.79 Å². The number of hydrogen-bond acceptors (Lipinski definition) is 2. The van der Waals surface area contributed by atoms with E-state index >= 15 is 0 Å². The van der Waals surface area contributed by atoms with Crippen LogP contribution in [0.2, 0.25) is 0 Å². The van der Waals surface area contributed by atoms with Crippen molar-refractivity contribution in [2.45, 2.75) is 20.3 Å². The van der Waals surface area contributed by atoms with E-state index in [2.05, 4.69) is 32.0 Å². The smallest absolute Gasteiger partial charge is 0.264 e. The minimum atomic E-state index is 0.197. The van der Waals surface area contributed by atoms with Crippen LogP contribution >= 0.6 is 11.3 Å². The van der Waals surface area contributed by atoms with Crippen LogP contribution in [0.15, 0.2) is 41.8 Å². The average molecular weight is 299 g/mol. The van der Waals surface area contributed by atoms with Crippen molar-refractivity contribution in [2.75, 3.05) is 13.1 Å². The van der Waals surface area contributed by atoms with Gasteiger partial charge in [-0.05, 0) is 35.3 Å². The molecule has 3 rings (SSSR count). The van der Waals surface area contributed by atoms with Gasteiger partial charge >= 0.3 is 0 Å².